The Hall–Kier alpha value is -3.48. The van der Waals surface area contributed by atoms with Crippen molar-refractivity contribution >= 4 is 28.6 Å². The number of carboxylic acids is 1. The van der Waals surface area contributed by atoms with E-state index in [1.165, 1.54) is 20.0 Å². The minimum atomic E-state index is -0.990. The van der Waals surface area contributed by atoms with Crippen LogP contribution in [-0.2, 0) is 0 Å². The molecule has 1 atom stereocenters. The smallest absolute Gasteiger partial charge is 0.335 e. The summed E-state index contributed by atoms with van der Waals surface area (Å²) < 4.78 is 5.47. The molecular formula is C24H27N3O4. The highest BCUT2D eigenvalue weighted by atomic mass is 16.5. The molecule has 3 aromatic rings. The van der Waals surface area contributed by atoms with Crippen LogP contribution in [-0.4, -0.2) is 35.2 Å². The molecule has 0 saturated heterocycles. The van der Waals surface area contributed by atoms with Crippen LogP contribution in [0.15, 0.2) is 42.6 Å². The third kappa shape index (κ3) is 4.35. The SMILES string of the molecule is COc1cc(C(=O)O)ccc1C(C)c1c[nH]c2ccc(NC(=O)NC3CCCC3)cc12. The van der Waals surface area contributed by atoms with Crippen LogP contribution in [0.2, 0.25) is 0 Å². The first-order valence-corrected chi connectivity index (χ1v) is 10.6. The number of methoxy groups -OCH3 is 1. The third-order valence-corrected chi connectivity index (χ3v) is 6.08. The summed E-state index contributed by atoms with van der Waals surface area (Å²) in [6.07, 6.45) is 6.35. The van der Waals surface area contributed by atoms with Crippen molar-refractivity contribution in [2.75, 3.05) is 12.4 Å². The van der Waals surface area contributed by atoms with Gasteiger partial charge in [-0.25, -0.2) is 9.59 Å². The topological polar surface area (TPSA) is 103 Å². The quantitative estimate of drug-likeness (QED) is 0.445. The third-order valence-electron chi connectivity index (χ3n) is 6.08. The van der Waals surface area contributed by atoms with Gasteiger partial charge in [0.15, 0.2) is 0 Å². The normalized spacial score (nSPS) is 15.0. The largest absolute Gasteiger partial charge is 0.496 e. The van der Waals surface area contributed by atoms with Crippen LogP contribution >= 0.6 is 0 Å². The second-order valence-corrected chi connectivity index (χ2v) is 8.07. The Morgan fingerprint density at radius 3 is 2.61 bits per heavy atom. The van der Waals surface area contributed by atoms with Gasteiger partial charge < -0.3 is 25.5 Å². The Kier molecular flexibility index (Phi) is 5.84. The lowest BCUT2D eigenvalue weighted by atomic mass is 9.91. The zero-order valence-electron chi connectivity index (χ0n) is 17.7. The average Bonchev–Trinajstić information content (AvgIpc) is 3.42. The van der Waals surface area contributed by atoms with Crippen LogP contribution in [0.1, 0.15) is 60.0 Å². The van der Waals surface area contributed by atoms with Crippen molar-refractivity contribution in [3.8, 4) is 5.75 Å². The molecule has 2 amide bonds. The monoisotopic (exact) mass is 421 g/mol. The first-order valence-electron chi connectivity index (χ1n) is 10.6. The molecule has 1 heterocycles. The van der Waals surface area contributed by atoms with Gasteiger partial charge in [0.1, 0.15) is 5.75 Å². The van der Waals surface area contributed by atoms with Crippen molar-refractivity contribution in [3.05, 3.63) is 59.3 Å². The average molecular weight is 421 g/mol. The number of carboxylic acid groups (broad SMARTS) is 1. The van der Waals surface area contributed by atoms with Gasteiger partial charge in [0, 0.05) is 40.3 Å². The molecule has 1 unspecified atom stereocenters. The maximum atomic E-state index is 12.4. The number of anilines is 1. The molecule has 4 rings (SSSR count). The van der Waals surface area contributed by atoms with Crippen molar-refractivity contribution in [2.45, 2.75) is 44.6 Å². The van der Waals surface area contributed by atoms with E-state index in [9.17, 15) is 14.7 Å². The number of aromatic carboxylic acids is 1. The molecule has 0 radical (unpaired) electrons. The van der Waals surface area contributed by atoms with Crippen LogP contribution in [0.5, 0.6) is 5.75 Å². The molecule has 4 N–H and O–H groups in total. The van der Waals surface area contributed by atoms with Crippen molar-refractivity contribution in [1.29, 1.82) is 0 Å². The second-order valence-electron chi connectivity index (χ2n) is 8.07. The summed E-state index contributed by atoms with van der Waals surface area (Å²) in [5, 5.41) is 16.2. The van der Waals surface area contributed by atoms with E-state index in [2.05, 4.69) is 15.6 Å². The molecule has 1 fully saturated rings. The highest BCUT2D eigenvalue weighted by Crippen LogP contribution is 2.36. The first kappa shape index (κ1) is 20.8. The molecular weight excluding hydrogens is 394 g/mol. The van der Waals surface area contributed by atoms with Gasteiger partial charge in [-0.2, -0.15) is 0 Å². The predicted molar refractivity (Wildman–Crippen MR) is 120 cm³/mol. The molecule has 1 saturated carbocycles. The van der Waals surface area contributed by atoms with E-state index >= 15 is 0 Å². The van der Waals surface area contributed by atoms with Gasteiger partial charge in [-0.1, -0.05) is 25.8 Å². The van der Waals surface area contributed by atoms with Crippen LogP contribution in [0.4, 0.5) is 10.5 Å². The Bertz CT molecular complexity index is 1120. The Morgan fingerprint density at radius 2 is 1.90 bits per heavy atom. The summed E-state index contributed by atoms with van der Waals surface area (Å²) in [7, 11) is 1.54. The molecule has 162 valence electrons. The van der Waals surface area contributed by atoms with Gasteiger partial charge in [0.25, 0.3) is 0 Å². The number of aromatic nitrogens is 1. The number of rotatable bonds is 6. The van der Waals surface area contributed by atoms with Gasteiger partial charge in [0.05, 0.1) is 12.7 Å². The molecule has 1 aromatic heterocycles. The summed E-state index contributed by atoms with van der Waals surface area (Å²) in [6, 6.07) is 10.8. The van der Waals surface area contributed by atoms with Crippen LogP contribution in [0.25, 0.3) is 10.9 Å². The summed E-state index contributed by atoms with van der Waals surface area (Å²) in [4.78, 5) is 26.9. The summed E-state index contributed by atoms with van der Waals surface area (Å²) in [5.41, 5.74) is 3.81. The summed E-state index contributed by atoms with van der Waals surface area (Å²) in [6.45, 7) is 2.05. The number of carbonyl (C=O) groups is 2. The highest BCUT2D eigenvalue weighted by molar-refractivity contribution is 5.94. The number of urea groups is 1. The number of amides is 2. The van der Waals surface area contributed by atoms with Gasteiger partial charge in [-0.05, 0) is 48.7 Å². The molecule has 1 aliphatic carbocycles. The van der Waals surface area contributed by atoms with E-state index in [0.717, 1.165) is 40.6 Å². The molecule has 1 aliphatic rings. The maximum Gasteiger partial charge on any atom is 0.335 e. The number of benzene rings is 2. The molecule has 2 aromatic carbocycles. The number of fused-ring (bicyclic) bond motifs is 1. The number of carbonyl (C=O) groups excluding carboxylic acids is 1. The maximum absolute atomic E-state index is 12.4. The number of hydrogen-bond acceptors (Lipinski definition) is 3. The lowest BCUT2D eigenvalue weighted by molar-refractivity contribution is 0.0696. The van der Waals surface area contributed by atoms with Gasteiger partial charge in [-0.15, -0.1) is 0 Å². The first-order chi connectivity index (χ1) is 15.0. The highest BCUT2D eigenvalue weighted by Gasteiger charge is 2.20. The fraction of sp³-hybridized carbons (Fsp3) is 0.333. The van der Waals surface area contributed by atoms with Crippen LogP contribution in [0, 0.1) is 0 Å². The molecule has 0 bridgehead atoms. The minimum Gasteiger partial charge on any atom is -0.496 e. The predicted octanol–water partition coefficient (Wildman–Crippen LogP) is 5.09. The Labute approximate surface area is 180 Å². The van der Waals surface area contributed by atoms with E-state index in [-0.39, 0.29) is 23.6 Å². The summed E-state index contributed by atoms with van der Waals surface area (Å²) >= 11 is 0. The van der Waals surface area contributed by atoms with Crippen molar-refractivity contribution in [2.24, 2.45) is 0 Å². The Balaban J connectivity index is 1.60. The molecule has 7 heteroatoms. The summed E-state index contributed by atoms with van der Waals surface area (Å²) in [5.74, 6) is -0.503. The van der Waals surface area contributed by atoms with Gasteiger partial charge in [0.2, 0.25) is 0 Å². The van der Waals surface area contributed by atoms with E-state index < -0.39 is 5.97 Å². The van der Waals surface area contributed by atoms with E-state index in [1.807, 2.05) is 31.3 Å². The fourth-order valence-electron chi connectivity index (χ4n) is 4.37. The zero-order valence-corrected chi connectivity index (χ0v) is 17.7. The lowest BCUT2D eigenvalue weighted by Crippen LogP contribution is -2.36. The Morgan fingerprint density at radius 1 is 1.13 bits per heavy atom. The van der Waals surface area contributed by atoms with Gasteiger partial charge in [-0.3, -0.25) is 0 Å². The standard InChI is InChI=1S/C24H27N3O4/c1-14(18-9-7-15(23(28)29)11-22(18)31-2)20-13-25-21-10-8-17(12-19(20)21)27-24(30)26-16-5-3-4-6-16/h7-14,16,25H,3-6H2,1-2H3,(H,28,29)(H2,26,27,30). The fourth-order valence-corrected chi connectivity index (χ4v) is 4.37. The van der Waals surface area contributed by atoms with E-state index in [1.54, 1.807) is 18.2 Å². The molecule has 7 nitrogen and oxygen atoms in total. The lowest BCUT2D eigenvalue weighted by Gasteiger charge is -2.16. The number of hydrogen-bond donors (Lipinski definition) is 4. The van der Waals surface area contributed by atoms with Crippen molar-refractivity contribution < 1.29 is 19.4 Å². The molecule has 31 heavy (non-hydrogen) atoms. The van der Waals surface area contributed by atoms with E-state index in [4.69, 9.17) is 4.74 Å². The van der Waals surface area contributed by atoms with Gasteiger partial charge >= 0.3 is 12.0 Å². The van der Waals surface area contributed by atoms with Crippen LogP contribution in [0.3, 0.4) is 0 Å². The molecule has 0 aliphatic heterocycles. The number of aromatic amines is 1. The number of nitrogens with one attached hydrogen (secondary N) is 3. The number of H-pyrrole nitrogens is 1. The zero-order chi connectivity index (χ0) is 22.0. The van der Waals surface area contributed by atoms with Crippen molar-refractivity contribution in [3.63, 3.8) is 0 Å². The number of ether oxygens (including phenoxy) is 1. The minimum absolute atomic E-state index is 0.0471. The molecule has 0 spiro atoms. The second kappa shape index (κ2) is 8.71. The van der Waals surface area contributed by atoms with E-state index in [0.29, 0.717) is 5.75 Å². The van der Waals surface area contributed by atoms with Crippen LogP contribution < -0.4 is 15.4 Å². The van der Waals surface area contributed by atoms with Crippen molar-refractivity contribution in [1.82, 2.24) is 10.3 Å².